The Morgan fingerprint density at radius 3 is 3.11 bits per heavy atom. The highest BCUT2D eigenvalue weighted by Crippen LogP contribution is 2.15. The van der Waals surface area contributed by atoms with Crippen molar-refractivity contribution in [2.45, 2.75) is 39.2 Å². The smallest absolute Gasteiger partial charge is 0.141 e. The Bertz CT molecular complexity index is 252. The topological polar surface area (TPSA) is 48.3 Å². The molecule has 0 saturated carbocycles. The third kappa shape index (κ3) is 6.34. The lowest BCUT2D eigenvalue weighted by Crippen LogP contribution is -2.41. The zero-order chi connectivity index (χ0) is 13.2. The van der Waals surface area contributed by atoms with Crippen molar-refractivity contribution in [2.75, 3.05) is 39.3 Å². The average Bonchev–Trinajstić information content (AvgIpc) is 2.39. The fourth-order valence-corrected chi connectivity index (χ4v) is 2.40. The average molecular weight is 253 g/mol. The molecule has 0 aromatic rings. The van der Waals surface area contributed by atoms with Crippen LogP contribution in [0.15, 0.2) is 0 Å². The number of hydrogen-bond acceptors (Lipinski definition) is 4. The van der Waals surface area contributed by atoms with Crippen LogP contribution >= 0.6 is 0 Å². The van der Waals surface area contributed by atoms with Crippen molar-refractivity contribution in [3.63, 3.8) is 0 Å². The molecule has 1 fully saturated rings. The molecule has 0 spiro atoms. The van der Waals surface area contributed by atoms with Gasteiger partial charge in [-0.05, 0) is 51.7 Å². The van der Waals surface area contributed by atoms with E-state index < -0.39 is 0 Å². The van der Waals surface area contributed by atoms with E-state index in [-0.39, 0.29) is 6.10 Å². The minimum absolute atomic E-state index is 0.281. The minimum atomic E-state index is -0.281. The lowest BCUT2D eigenvalue weighted by atomic mass is 9.98. The first-order valence-corrected chi connectivity index (χ1v) is 7.20. The summed E-state index contributed by atoms with van der Waals surface area (Å²) in [5.74, 6) is 0.777. The normalized spacial score (nSPS) is 22.6. The van der Waals surface area contributed by atoms with Gasteiger partial charge in [-0.25, -0.2) is 0 Å². The molecule has 4 heteroatoms. The number of nitrogens with one attached hydrogen (secondary N) is 1. The van der Waals surface area contributed by atoms with Crippen LogP contribution in [0.1, 0.15) is 33.1 Å². The zero-order valence-corrected chi connectivity index (χ0v) is 11.8. The Morgan fingerprint density at radius 1 is 1.56 bits per heavy atom. The second kappa shape index (κ2) is 9.32. The van der Waals surface area contributed by atoms with Crippen LogP contribution in [-0.2, 0) is 4.74 Å². The van der Waals surface area contributed by atoms with E-state index in [0.717, 1.165) is 25.6 Å². The molecule has 0 radical (unpaired) electrons. The predicted molar refractivity (Wildman–Crippen MR) is 73.4 cm³/mol. The Labute approximate surface area is 111 Å². The van der Waals surface area contributed by atoms with E-state index in [1.165, 1.54) is 32.4 Å². The van der Waals surface area contributed by atoms with Crippen molar-refractivity contribution in [1.29, 1.82) is 5.26 Å². The molecular formula is C14H27N3O. The number of likely N-dealkylation sites (tertiary alicyclic amines) is 1. The molecule has 4 nitrogen and oxygen atoms in total. The van der Waals surface area contributed by atoms with E-state index in [0.29, 0.717) is 6.61 Å². The van der Waals surface area contributed by atoms with Crippen LogP contribution < -0.4 is 5.32 Å². The number of nitriles is 1. The summed E-state index contributed by atoms with van der Waals surface area (Å²) in [6.07, 6.45) is 3.54. The van der Waals surface area contributed by atoms with E-state index in [1.54, 1.807) is 6.92 Å². The highest BCUT2D eigenvalue weighted by Gasteiger charge is 2.19. The Kier molecular flexibility index (Phi) is 7.99. The van der Waals surface area contributed by atoms with Gasteiger partial charge in [0, 0.05) is 13.1 Å². The van der Waals surface area contributed by atoms with E-state index in [2.05, 4.69) is 23.2 Å². The third-order valence-corrected chi connectivity index (χ3v) is 3.42. The van der Waals surface area contributed by atoms with Crippen molar-refractivity contribution in [3.8, 4) is 6.07 Å². The summed E-state index contributed by atoms with van der Waals surface area (Å²) in [6.45, 7) is 10.2. The molecule has 1 saturated heterocycles. The third-order valence-electron chi connectivity index (χ3n) is 3.42. The van der Waals surface area contributed by atoms with Crippen LogP contribution in [0.3, 0.4) is 0 Å². The van der Waals surface area contributed by atoms with Gasteiger partial charge in [0.15, 0.2) is 0 Å². The molecule has 2 atom stereocenters. The largest absolute Gasteiger partial charge is 0.362 e. The van der Waals surface area contributed by atoms with Gasteiger partial charge in [0.25, 0.3) is 0 Å². The molecule has 1 rings (SSSR count). The summed E-state index contributed by atoms with van der Waals surface area (Å²) in [6, 6.07) is 2.10. The van der Waals surface area contributed by atoms with Crippen molar-refractivity contribution in [2.24, 2.45) is 5.92 Å². The Hall–Kier alpha value is -0.630. The molecule has 0 bridgehead atoms. The molecule has 1 N–H and O–H groups in total. The summed E-state index contributed by atoms with van der Waals surface area (Å²) >= 11 is 0. The molecule has 0 amide bonds. The molecule has 1 aliphatic heterocycles. The number of rotatable bonds is 8. The van der Waals surface area contributed by atoms with Crippen LogP contribution in [0, 0.1) is 17.2 Å². The van der Waals surface area contributed by atoms with Crippen LogP contribution in [0.25, 0.3) is 0 Å². The first kappa shape index (κ1) is 15.4. The monoisotopic (exact) mass is 253 g/mol. The van der Waals surface area contributed by atoms with Crippen molar-refractivity contribution < 1.29 is 4.74 Å². The fourth-order valence-electron chi connectivity index (χ4n) is 2.40. The number of piperidine rings is 1. The highest BCUT2D eigenvalue weighted by atomic mass is 16.5. The Morgan fingerprint density at radius 2 is 2.39 bits per heavy atom. The van der Waals surface area contributed by atoms with Crippen molar-refractivity contribution >= 4 is 0 Å². The maximum absolute atomic E-state index is 8.64. The van der Waals surface area contributed by atoms with Crippen molar-refractivity contribution in [3.05, 3.63) is 0 Å². The van der Waals surface area contributed by atoms with Gasteiger partial charge in [0.1, 0.15) is 6.10 Å². The van der Waals surface area contributed by atoms with Gasteiger partial charge in [-0.15, -0.1) is 0 Å². The molecule has 1 aliphatic rings. The minimum Gasteiger partial charge on any atom is -0.362 e. The van der Waals surface area contributed by atoms with Gasteiger partial charge in [0.05, 0.1) is 12.7 Å². The fraction of sp³-hybridized carbons (Fsp3) is 0.929. The molecule has 0 aliphatic carbocycles. The van der Waals surface area contributed by atoms with Crippen molar-refractivity contribution in [1.82, 2.24) is 10.2 Å². The number of nitrogens with zero attached hydrogens (tertiary/aromatic N) is 2. The van der Waals surface area contributed by atoms with Crippen LogP contribution in [0.2, 0.25) is 0 Å². The maximum Gasteiger partial charge on any atom is 0.141 e. The van der Waals surface area contributed by atoms with Gasteiger partial charge in [-0.2, -0.15) is 5.26 Å². The van der Waals surface area contributed by atoms with Crippen LogP contribution in [0.5, 0.6) is 0 Å². The first-order valence-electron chi connectivity index (χ1n) is 7.20. The quantitative estimate of drug-likeness (QED) is 0.668. The first-order chi connectivity index (χ1) is 8.76. The summed E-state index contributed by atoms with van der Waals surface area (Å²) in [4.78, 5) is 2.46. The molecule has 0 aromatic carbocycles. The second-order valence-corrected chi connectivity index (χ2v) is 5.16. The molecule has 2 unspecified atom stereocenters. The Balaban J connectivity index is 2.12. The summed E-state index contributed by atoms with van der Waals surface area (Å²) in [5, 5.41) is 12.1. The molecular weight excluding hydrogens is 226 g/mol. The summed E-state index contributed by atoms with van der Waals surface area (Å²) in [7, 11) is 0. The summed E-state index contributed by atoms with van der Waals surface area (Å²) in [5.41, 5.74) is 0. The summed E-state index contributed by atoms with van der Waals surface area (Å²) < 4.78 is 5.41. The standard InChI is InChI=1S/C14H27N3O/c1-3-6-16-11-14-5-4-7-17(12-14)8-9-18-13(2)10-15/h13-14,16H,3-9,11-12H2,1-2H3. The lowest BCUT2D eigenvalue weighted by Gasteiger charge is -2.32. The lowest BCUT2D eigenvalue weighted by molar-refractivity contribution is 0.0647. The maximum atomic E-state index is 8.64. The van der Waals surface area contributed by atoms with E-state index in [4.69, 9.17) is 10.00 Å². The zero-order valence-electron chi connectivity index (χ0n) is 11.8. The van der Waals surface area contributed by atoms with E-state index in [1.807, 2.05) is 0 Å². The van der Waals surface area contributed by atoms with Crippen LogP contribution in [-0.4, -0.2) is 50.3 Å². The van der Waals surface area contributed by atoms with Gasteiger partial charge >= 0.3 is 0 Å². The second-order valence-electron chi connectivity index (χ2n) is 5.16. The van der Waals surface area contributed by atoms with Gasteiger partial charge < -0.3 is 15.0 Å². The predicted octanol–water partition coefficient (Wildman–Crippen LogP) is 1.63. The molecule has 18 heavy (non-hydrogen) atoms. The van der Waals surface area contributed by atoms with Crippen LogP contribution in [0.4, 0.5) is 0 Å². The molecule has 1 heterocycles. The number of ether oxygens (including phenoxy) is 1. The molecule has 104 valence electrons. The van der Waals surface area contributed by atoms with Gasteiger partial charge in [-0.3, -0.25) is 0 Å². The van der Waals surface area contributed by atoms with E-state index in [9.17, 15) is 0 Å². The number of hydrogen-bond donors (Lipinski definition) is 1. The van der Waals surface area contributed by atoms with Gasteiger partial charge in [0.2, 0.25) is 0 Å². The SMILES string of the molecule is CCCNCC1CCCN(CCOC(C)C#N)C1. The van der Waals surface area contributed by atoms with E-state index >= 15 is 0 Å². The molecule has 0 aromatic heterocycles. The highest BCUT2D eigenvalue weighted by molar-refractivity contribution is 4.79. The van der Waals surface area contributed by atoms with Gasteiger partial charge in [-0.1, -0.05) is 6.92 Å².